The summed E-state index contributed by atoms with van der Waals surface area (Å²) >= 11 is 0. The van der Waals surface area contributed by atoms with E-state index in [0.717, 1.165) is 50.2 Å². The number of aromatic nitrogens is 3. The van der Waals surface area contributed by atoms with E-state index in [1.807, 2.05) is 42.5 Å². The van der Waals surface area contributed by atoms with Gasteiger partial charge in [0, 0.05) is 55.3 Å². The van der Waals surface area contributed by atoms with Crippen LogP contribution in [0.2, 0.25) is 0 Å². The molecule has 278 valence electrons. The van der Waals surface area contributed by atoms with Crippen molar-refractivity contribution in [1.82, 2.24) is 13.4 Å². The minimum atomic E-state index is 0.572. The summed E-state index contributed by atoms with van der Waals surface area (Å²) in [5.41, 5.74) is 20.8. The maximum atomic E-state index is 6.89. The van der Waals surface area contributed by atoms with Crippen LogP contribution >= 0.6 is 0 Å². The first-order chi connectivity index (χ1) is 29.2. The van der Waals surface area contributed by atoms with Gasteiger partial charge in [-0.05, 0) is 65.2 Å². The van der Waals surface area contributed by atoms with Crippen molar-refractivity contribution in [2.75, 3.05) is 0 Å². The Bertz CT molecular complexity index is 3680. The number of aliphatic imine (C=N–C) groups is 1. The summed E-state index contributed by atoms with van der Waals surface area (Å²) in [7, 11) is 0. The first kappa shape index (κ1) is 33.3. The van der Waals surface area contributed by atoms with Gasteiger partial charge in [-0.15, -0.1) is 0 Å². The Morgan fingerprint density at radius 2 is 1.10 bits per heavy atom. The molecule has 0 aliphatic rings. The van der Waals surface area contributed by atoms with Crippen molar-refractivity contribution >= 4 is 87.7 Å². The molecule has 0 aliphatic carbocycles. The lowest BCUT2D eigenvalue weighted by Gasteiger charge is -2.13. The molecule has 4 aromatic heterocycles. The van der Waals surface area contributed by atoms with Gasteiger partial charge in [-0.2, -0.15) is 0 Å². The SMILES string of the molecule is N/C(=C\C(=NCc1ccccc1)c1ccccc1)c1ccc(-n2c3ccccc3c3cc4c(cc32)n2c3ccccc3c3cccc(c5cccc6ccn4c65)c32)cc1. The van der Waals surface area contributed by atoms with Crippen LogP contribution in [0.15, 0.2) is 205 Å². The molecule has 5 nitrogen and oxygen atoms in total. The molecule has 0 saturated carbocycles. The maximum Gasteiger partial charge on any atom is 0.0724 e. The first-order valence-electron chi connectivity index (χ1n) is 20.1. The quantitative estimate of drug-likeness (QED) is 0.169. The van der Waals surface area contributed by atoms with Crippen LogP contribution in [-0.2, 0) is 6.54 Å². The van der Waals surface area contributed by atoms with Crippen molar-refractivity contribution in [3.8, 4) is 5.69 Å². The van der Waals surface area contributed by atoms with Gasteiger partial charge < -0.3 is 19.1 Å². The number of nitrogens with two attached hydrogens (primary N) is 1. The lowest BCUT2D eigenvalue weighted by molar-refractivity contribution is 1.07. The number of rotatable bonds is 6. The molecule has 0 fully saturated rings. The highest BCUT2D eigenvalue weighted by Crippen LogP contribution is 2.40. The number of allylic oxidation sites excluding steroid dienone is 1. The summed E-state index contributed by atoms with van der Waals surface area (Å²) in [5, 5.41) is 8.60. The number of para-hydroxylation sites is 4. The summed E-state index contributed by atoms with van der Waals surface area (Å²) in [6.45, 7) is 0.572. The molecule has 4 heterocycles. The van der Waals surface area contributed by atoms with Gasteiger partial charge in [0.1, 0.15) is 0 Å². The zero-order valence-electron chi connectivity index (χ0n) is 32.1. The molecule has 0 aliphatic heterocycles. The zero-order valence-corrected chi connectivity index (χ0v) is 32.1. The van der Waals surface area contributed by atoms with Crippen LogP contribution in [0.5, 0.6) is 0 Å². The lowest BCUT2D eigenvalue weighted by Crippen LogP contribution is -2.05. The van der Waals surface area contributed by atoms with Gasteiger partial charge in [-0.1, -0.05) is 146 Å². The zero-order chi connectivity index (χ0) is 39.0. The maximum absolute atomic E-state index is 6.89. The average molecular weight is 756 g/mol. The Balaban J connectivity index is 1.09. The molecule has 12 rings (SSSR count). The molecule has 0 spiro atoms. The Morgan fingerprint density at radius 3 is 1.88 bits per heavy atom. The van der Waals surface area contributed by atoms with Gasteiger partial charge in [-0.25, -0.2) is 0 Å². The highest BCUT2D eigenvalue weighted by atomic mass is 15.0. The second-order valence-electron chi connectivity index (χ2n) is 15.4. The van der Waals surface area contributed by atoms with Crippen LogP contribution in [0.4, 0.5) is 0 Å². The van der Waals surface area contributed by atoms with Gasteiger partial charge in [0.2, 0.25) is 0 Å². The van der Waals surface area contributed by atoms with Crippen LogP contribution in [0.25, 0.3) is 87.7 Å². The molecule has 0 atom stereocenters. The van der Waals surface area contributed by atoms with E-state index in [-0.39, 0.29) is 0 Å². The summed E-state index contributed by atoms with van der Waals surface area (Å²) in [6, 6.07) is 67.3. The van der Waals surface area contributed by atoms with E-state index < -0.39 is 0 Å². The molecular formula is C54H37N5. The van der Waals surface area contributed by atoms with Crippen molar-refractivity contribution < 1.29 is 0 Å². The lowest BCUT2D eigenvalue weighted by atomic mass is 10.1. The Kier molecular flexibility index (Phi) is 7.38. The molecule has 0 radical (unpaired) electrons. The summed E-state index contributed by atoms with van der Waals surface area (Å²) < 4.78 is 7.30. The minimum absolute atomic E-state index is 0.572. The molecule has 0 saturated heterocycles. The molecule has 2 N–H and O–H groups in total. The fraction of sp³-hybridized carbons (Fsp3) is 0.0185. The fourth-order valence-electron chi connectivity index (χ4n) is 9.36. The fourth-order valence-corrected chi connectivity index (χ4v) is 9.36. The standard InChI is InChI=1S/C54H37N5/c55-46(32-47(37-15-5-2-6-16-37)56-34-35-13-3-1-4-14-35)36-25-27-39(28-26-36)58-48-23-9-8-19-41(48)45-31-51-52(33-50(45)58)59-49-24-10-7-18-40(49)42-21-12-22-44(54(42)59)43-20-11-17-38-29-30-57(51)53(38)43/h1-33H,34,55H2/b46-32-,56-47?. The Hall–Kier alpha value is -7.89. The van der Waals surface area contributed by atoms with Crippen LogP contribution in [-0.4, -0.2) is 19.1 Å². The number of fused-ring (bicyclic) bond motifs is 10. The number of nitrogens with zero attached hydrogens (tertiary/aromatic N) is 4. The normalized spacial score (nSPS) is 12.7. The molecule has 59 heavy (non-hydrogen) atoms. The van der Waals surface area contributed by atoms with E-state index in [1.165, 1.54) is 54.3 Å². The molecule has 5 heteroatoms. The Labute approximate surface area is 339 Å². The highest BCUT2D eigenvalue weighted by Gasteiger charge is 2.20. The minimum Gasteiger partial charge on any atom is -0.398 e. The van der Waals surface area contributed by atoms with E-state index in [9.17, 15) is 0 Å². The van der Waals surface area contributed by atoms with Gasteiger partial charge in [0.25, 0.3) is 0 Å². The van der Waals surface area contributed by atoms with Crippen molar-refractivity contribution in [3.05, 3.63) is 217 Å². The van der Waals surface area contributed by atoms with Gasteiger partial charge in [-0.3, -0.25) is 4.99 Å². The van der Waals surface area contributed by atoms with Gasteiger partial charge >= 0.3 is 0 Å². The summed E-state index contributed by atoms with van der Waals surface area (Å²) in [5.74, 6) is 0. The number of hydrogen-bond donors (Lipinski definition) is 1. The number of hydrogen-bond acceptors (Lipinski definition) is 2. The molecular weight excluding hydrogens is 719 g/mol. The van der Waals surface area contributed by atoms with Crippen molar-refractivity contribution in [1.29, 1.82) is 0 Å². The van der Waals surface area contributed by atoms with Crippen LogP contribution < -0.4 is 5.73 Å². The summed E-state index contributed by atoms with van der Waals surface area (Å²) in [4.78, 5) is 5.02. The molecule has 0 bridgehead atoms. The third-order valence-corrected chi connectivity index (χ3v) is 12.1. The predicted octanol–water partition coefficient (Wildman–Crippen LogP) is 12.9. The van der Waals surface area contributed by atoms with Crippen LogP contribution in [0.1, 0.15) is 16.7 Å². The van der Waals surface area contributed by atoms with Crippen LogP contribution in [0, 0.1) is 0 Å². The van der Waals surface area contributed by atoms with E-state index in [2.05, 4.69) is 171 Å². The monoisotopic (exact) mass is 755 g/mol. The molecule has 12 aromatic rings. The molecule has 0 unspecified atom stereocenters. The van der Waals surface area contributed by atoms with Crippen molar-refractivity contribution in [2.45, 2.75) is 6.54 Å². The van der Waals surface area contributed by atoms with E-state index in [4.69, 9.17) is 10.7 Å². The second-order valence-corrected chi connectivity index (χ2v) is 15.4. The number of benzene rings is 8. The third-order valence-electron chi connectivity index (χ3n) is 12.1. The Morgan fingerprint density at radius 1 is 0.475 bits per heavy atom. The van der Waals surface area contributed by atoms with Gasteiger partial charge in [0.05, 0.1) is 50.9 Å². The topological polar surface area (TPSA) is 52.1 Å². The van der Waals surface area contributed by atoms with Crippen molar-refractivity contribution in [2.24, 2.45) is 10.7 Å². The average Bonchev–Trinajstić information content (AvgIpc) is 3.98. The molecule has 8 aromatic carbocycles. The summed E-state index contributed by atoms with van der Waals surface area (Å²) in [6.07, 6.45) is 4.24. The third kappa shape index (κ3) is 5.15. The van der Waals surface area contributed by atoms with E-state index in [1.54, 1.807) is 0 Å². The first-order valence-corrected chi connectivity index (χ1v) is 20.1. The second kappa shape index (κ2) is 13.1. The van der Waals surface area contributed by atoms with E-state index >= 15 is 0 Å². The van der Waals surface area contributed by atoms with Gasteiger partial charge in [0.15, 0.2) is 0 Å². The smallest absolute Gasteiger partial charge is 0.0724 e. The predicted molar refractivity (Wildman–Crippen MR) is 248 cm³/mol. The van der Waals surface area contributed by atoms with Crippen LogP contribution in [0.3, 0.4) is 0 Å². The van der Waals surface area contributed by atoms with Crippen molar-refractivity contribution in [3.63, 3.8) is 0 Å². The largest absolute Gasteiger partial charge is 0.398 e. The highest BCUT2D eigenvalue weighted by molar-refractivity contribution is 6.23. The molecule has 0 amide bonds. The van der Waals surface area contributed by atoms with E-state index in [0.29, 0.717) is 12.2 Å².